The number of allylic oxidation sites excluding steroid dienone is 2. The summed E-state index contributed by atoms with van der Waals surface area (Å²) in [5.74, 6) is 0.120. The zero-order valence-electron chi connectivity index (χ0n) is 12.8. The Labute approximate surface area is 142 Å². The number of rotatable bonds is 4. The van der Waals surface area contributed by atoms with Crippen LogP contribution in [0.3, 0.4) is 0 Å². The fourth-order valence-electron chi connectivity index (χ4n) is 1.46. The van der Waals surface area contributed by atoms with Crippen molar-refractivity contribution in [1.29, 1.82) is 0 Å². The Hall–Kier alpha value is -1.50. The minimum Gasteiger partial charge on any atom is -0.376 e. The summed E-state index contributed by atoms with van der Waals surface area (Å²) in [7, 11) is -5.11. The quantitative estimate of drug-likeness (QED) is 0.454. The highest BCUT2D eigenvalue weighted by Crippen LogP contribution is 2.10. The van der Waals surface area contributed by atoms with Crippen molar-refractivity contribution in [3.05, 3.63) is 48.2 Å². The lowest BCUT2D eigenvalue weighted by Crippen LogP contribution is -2.60. The van der Waals surface area contributed by atoms with Gasteiger partial charge in [0.05, 0.1) is 0 Å². The van der Waals surface area contributed by atoms with E-state index >= 15 is 0 Å². The molecule has 2 rings (SSSR count). The minimum absolute atomic E-state index is 0.0600. The first-order chi connectivity index (χ1) is 10.9. The van der Waals surface area contributed by atoms with Gasteiger partial charge in [0.1, 0.15) is 20.5 Å². The Morgan fingerprint density at radius 1 is 0.750 bits per heavy atom. The third-order valence-electron chi connectivity index (χ3n) is 2.51. The van der Waals surface area contributed by atoms with E-state index in [1.807, 2.05) is 14.1 Å². The lowest BCUT2D eigenvalue weighted by molar-refractivity contribution is -1.92. The van der Waals surface area contributed by atoms with E-state index in [2.05, 4.69) is 8.58 Å². The molecular weight excluding hydrogens is 371 g/mol. The molecule has 2 aliphatic heterocycles. The summed E-state index contributed by atoms with van der Waals surface area (Å²) < 4.78 is 68.6. The Balaban J connectivity index is 0.000000240. The van der Waals surface area contributed by atoms with Crippen molar-refractivity contribution in [3.63, 3.8) is 0 Å². The molecule has 2 aliphatic rings. The van der Waals surface area contributed by atoms with Gasteiger partial charge in [-0.05, 0) is 12.2 Å². The van der Waals surface area contributed by atoms with Crippen LogP contribution in [0.2, 0.25) is 0 Å². The molecule has 0 amide bonds. The first kappa shape index (κ1) is 20.5. The Morgan fingerprint density at radius 2 is 1.08 bits per heavy atom. The van der Waals surface area contributed by atoms with Crippen molar-refractivity contribution < 1.29 is 57.0 Å². The van der Waals surface area contributed by atoms with Gasteiger partial charge in [0.25, 0.3) is 11.5 Å². The van der Waals surface area contributed by atoms with E-state index in [0.29, 0.717) is 13.1 Å². The van der Waals surface area contributed by atoms with Gasteiger partial charge in [0, 0.05) is 51.7 Å². The predicted octanol–water partition coefficient (Wildman–Crippen LogP) is -5.51. The van der Waals surface area contributed by atoms with Gasteiger partial charge in [-0.2, -0.15) is 28.0 Å². The van der Waals surface area contributed by atoms with Crippen LogP contribution < -0.4 is 28.0 Å². The first-order valence-corrected chi connectivity index (χ1v) is 8.79. The first-order valence-electron chi connectivity index (χ1n) is 6.32. The lowest BCUT2D eigenvalue weighted by atomic mass is 10.3. The molecule has 12 heteroatoms. The summed E-state index contributed by atoms with van der Waals surface area (Å²) >= 11 is 0. The van der Waals surface area contributed by atoms with Crippen LogP contribution in [0.25, 0.3) is 0 Å². The van der Waals surface area contributed by atoms with Gasteiger partial charge >= 0.3 is 0 Å². The molecule has 0 saturated carbocycles. The fraction of sp³-hybridized carbons (Fsp3) is 0.333. The highest BCUT2D eigenvalue weighted by molar-refractivity contribution is 5.16. The number of nitrogens with zero attached hydrogens (tertiary/aromatic N) is 2. The van der Waals surface area contributed by atoms with Gasteiger partial charge in [-0.15, -0.1) is 0 Å². The van der Waals surface area contributed by atoms with Gasteiger partial charge in [-0.1, -0.05) is 8.58 Å². The molecule has 0 N–H and O–H groups in total. The maximum Gasteiger partial charge on any atom is 0.287 e. The molecule has 0 unspecified atom stereocenters. The second kappa shape index (κ2) is 8.55. The average molecular weight is 387 g/mol. The minimum atomic E-state index is -4.37. The lowest BCUT2D eigenvalue weighted by Gasteiger charge is -2.17. The zero-order chi connectivity index (χ0) is 18.4. The van der Waals surface area contributed by atoms with E-state index in [1.54, 1.807) is 22.2 Å². The van der Waals surface area contributed by atoms with Crippen LogP contribution in [-0.4, -0.2) is 37.0 Å². The number of hydrogen-bond acceptors (Lipinski definition) is 10. The molecule has 136 valence electrons. The predicted molar refractivity (Wildman–Crippen MR) is 61.9 cm³/mol. The van der Waals surface area contributed by atoms with E-state index in [4.69, 9.17) is 0 Å². The topological polar surface area (TPSA) is 163 Å². The maximum atomic E-state index is 10.1. The van der Waals surface area contributed by atoms with Gasteiger partial charge in [-0.3, -0.25) is 0 Å². The highest BCUT2D eigenvalue weighted by atomic mass is 35.7. The van der Waals surface area contributed by atoms with Crippen LogP contribution in [0.4, 0.5) is 0 Å². The molecule has 0 spiro atoms. The van der Waals surface area contributed by atoms with Crippen molar-refractivity contribution in [2.45, 2.75) is 0 Å². The van der Waals surface area contributed by atoms with Crippen molar-refractivity contribution in [2.24, 2.45) is 0 Å². The average Bonchev–Trinajstić information content (AvgIpc) is 2.42. The van der Waals surface area contributed by atoms with Crippen LogP contribution in [0.15, 0.2) is 48.2 Å². The standard InChI is InChI=1S/2C6H8ClNO4/c2*1-8-4-2-6(3-5-8)12-7(9,10)11/h2*2-4H,5H2,1H3. The molecule has 0 aromatic carbocycles. The molecule has 0 radical (unpaired) electrons. The summed E-state index contributed by atoms with van der Waals surface area (Å²) in [4.78, 5) is 3.61. The summed E-state index contributed by atoms with van der Waals surface area (Å²) in [6.07, 6.45) is 9.06. The maximum absolute atomic E-state index is 10.1. The fourth-order valence-corrected chi connectivity index (χ4v) is 2.13. The molecule has 10 nitrogen and oxygen atoms in total. The summed E-state index contributed by atoms with van der Waals surface area (Å²) in [6.45, 7) is 1.05. The summed E-state index contributed by atoms with van der Waals surface area (Å²) in [5.41, 5.74) is 0. The van der Waals surface area contributed by atoms with Crippen LogP contribution in [-0.2, 0) is 8.58 Å². The van der Waals surface area contributed by atoms with E-state index in [0.717, 1.165) is 0 Å². The Morgan fingerprint density at radius 3 is 1.29 bits per heavy atom. The summed E-state index contributed by atoms with van der Waals surface area (Å²) in [6, 6.07) is 0. The van der Waals surface area contributed by atoms with Gasteiger partial charge in [-0.25, -0.2) is 0 Å². The zero-order valence-corrected chi connectivity index (χ0v) is 14.3. The number of hydrogen-bond donors (Lipinski definition) is 0. The van der Waals surface area contributed by atoms with Crippen molar-refractivity contribution in [3.8, 4) is 0 Å². The largest absolute Gasteiger partial charge is 0.376 e. The Kier molecular flexibility index (Phi) is 7.32. The molecule has 0 aliphatic carbocycles. The van der Waals surface area contributed by atoms with E-state index in [9.17, 15) is 28.0 Å². The summed E-state index contributed by atoms with van der Waals surface area (Å²) in [5, 5.41) is 0. The molecule has 24 heavy (non-hydrogen) atoms. The highest BCUT2D eigenvalue weighted by Gasteiger charge is 2.22. The monoisotopic (exact) mass is 386 g/mol. The smallest absolute Gasteiger partial charge is 0.287 e. The molecule has 0 fully saturated rings. The van der Waals surface area contributed by atoms with Gasteiger partial charge in [0.2, 0.25) is 0 Å². The van der Waals surface area contributed by atoms with Crippen molar-refractivity contribution in [1.82, 2.24) is 9.80 Å². The van der Waals surface area contributed by atoms with E-state index in [1.165, 1.54) is 24.3 Å². The van der Waals surface area contributed by atoms with Crippen LogP contribution in [0.1, 0.15) is 0 Å². The Bertz CT molecular complexity index is 488. The molecule has 0 atom stereocenters. The normalized spacial score (nSPS) is 17.7. The van der Waals surface area contributed by atoms with Crippen LogP contribution in [0.5, 0.6) is 0 Å². The van der Waals surface area contributed by atoms with E-state index in [-0.39, 0.29) is 11.5 Å². The number of likely N-dealkylation sites (N-methyl/N-ethyl adjacent to an activating group) is 2. The molecule has 0 aromatic heterocycles. The van der Waals surface area contributed by atoms with Gasteiger partial charge in [0.15, 0.2) is 0 Å². The van der Waals surface area contributed by atoms with Crippen molar-refractivity contribution >= 4 is 0 Å². The molecule has 0 saturated heterocycles. The molecule has 0 bridgehead atoms. The van der Waals surface area contributed by atoms with Crippen molar-refractivity contribution in [2.75, 3.05) is 27.2 Å². The van der Waals surface area contributed by atoms with Gasteiger partial charge < -0.3 is 9.80 Å². The molecule has 2 heterocycles. The van der Waals surface area contributed by atoms with Crippen LogP contribution >= 0.6 is 0 Å². The van der Waals surface area contributed by atoms with E-state index < -0.39 is 20.5 Å². The third-order valence-corrected chi connectivity index (χ3v) is 3.25. The molecule has 0 aromatic rings. The molecular formula is C12H16Cl2N2O8. The third kappa shape index (κ3) is 9.60. The van der Waals surface area contributed by atoms with Crippen LogP contribution in [0, 0.1) is 20.5 Å². The second-order valence-electron chi connectivity index (χ2n) is 4.63. The SMILES string of the molecule is CN1C=CC(O[Cl+3]([O-])([O-])[O-])=CC1.CN1C=CC(O[Cl+3]([O-])([O-])[O-])=CC1. The number of halogens is 2. The second-order valence-corrected chi connectivity index (χ2v) is 6.45.